The molecule has 0 radical (unpaired) electrons. The van der Waals surface area contributed by atoms with Crippen molar-refractivity contribution in [2.75, 3.05) is 13.1 Å². The van der Waals surface area contributed by atoms with Crippen LogP contribution in [0.1, 0.15) is 33.1 Å². The average Bonchev–Trinajstić information content (AvgIpc) is 3.14. The summed E-state index contributed by atoms with van der Waals surface area (Å²) in [7, 11) is 0. The minimum Gasteiger partial charge on any atom is -0.356 e. The first-order chi connectivity index (χ1) is 9.45. The van der Waals surface area contributed by atoms with Crippen molar-refractivity contribution >= 4 is 17.7 Å². The van der Waals surface area contributed by atoms with E-state index in [0.717, 1.165) is 6.42 Å². The van der Waals surface area contributed by atoms with E-state index in [-0.39, 0.29) is 23.8 Å². The largest absolute Gasteiger partial charge is 0.356 e. The lowest BCUT2D eigenvalue weighted by Gasteiger charge is -2.17. The molecule has 1 fully saturated rings. The van der Waals surface area contributed by atoms with Crippen molar-refractivity contribution in [3.63, 3.8) is 0 Å². The number of amides is 3. The van der Waals surface area contributed by atoms with Gasteiger partial charge in [-0.05, 0) is 19.3 Å². The Kier molecular flexibility index (Phi) is 5.97. The van der Waals surface area contributed by atoms with Crippen molar-refractivity contribution < 1.29 is 14.4 Å². The van der Waals surface area contributed by atoms with Gasteiger partial charge in [-0.3, -0.25) is 14.4 Å². The summed E-state index contributed by atoms with van der Waals surface area (Å²) < 4.78 is 0. The third-order valence-corrected chi connectivity index (χ3v) is 3.01. The molecule has 0 aromatic heterocycles. The number of nitrogens with zero attached hydrogens (tertiary/aromatic N) is 2. The Labute approximate surface area is 118 Å². The van der Waals surface area contributed by atoms with Crippen molar-refractivity contribution in [3.8, 4) is 6.07 Å². The van der Waals surface area contributed by atoms with Gasteiger partial charge in [-0.25, -0.2) is 0 Å². The molecular weight excluding hydrogens is 260 g/mol. The lowest BCUT2D eigenvalue weighted by Crippen LogP contribution is -2.43. The minimum atomic E-state index is -0.580. The number of hydrogen-bond donors (Lipinski definition) is 2. The molecule has 0 aromatic carbocycles. The molecule has 0 aromatic rings. The van der Waals surface area contributed by atoms with Crippen molar-refractivity contribution in [1.82, 2.24) is 15.5 Å². The fourth-order valence-electron chi connectivity index (χ4n) is 1.93. The number of carbonyl (C=O) groups is 3. The van der Waals surface area contributed by atoms with E-state index < -0.39 is 6.04 Å². The second-order valence-electron chi connectivity index (χ2n) is 4.87. The van der Waals surface area contributed by atoms with E-state index in [2.05, 4.69) is 10.6 Å². The highest BCUT2D eigenvalue weighted by molar-refractivity contribution is 5.88. The fourth-order valence-corrected chi connectivity index (χ4v) is 1.93. The van der Waals surface area contributed by atoms with Crippen LogP contribution in [-0.2, 0) is 14.4 Å². The second kappa shape index (κ2) is 7.48. The van der Waals surface area contributed by atoms with Crippen LogP contribution in [0.15, 0.2) is 0 Å². The minimum absolute atomic E-state index is 0.0829. The van der Waals surface area contributed by atoms with Crippen LogP contribution < -0.4 is 10.6 Å². The smallest absolute Gasteiger partial charge is 0.246 e. The molecule has 3 amide bonds. The van der Waals surface area contributed by atoms with Crippen LogP contribution in [0.25, 0.3) is 0 Å². The summed E-state index contributed by atoms with van der Waals surface area (Å²) in [5, 5.41) is 14.0. The van der Waals surface area contributed by atoms with Gasteiger partial charge in [0.15, 0.2) is 0 Å². The van der Waals surface area contributed by atoms with Gasteiger partial charge >= 0.3 is 0 Å². The van der Waals surface area contributed by atoms with E-state index in [1.807, 2.05) is 6.07 Å². The van der Waals surface area contributed by atoms with Crippen LogP contribution in [-0.4, -0.2) is 47.8 Å². The molecule has 0 aliphatic carbocycles. The molecule has 110 valence electrons. The monoisotopic (exact) mass is 280 g/mol. The lowest BCUT2D eigenvalue weighted by atomic mass is 10.1. The molecule has 1 heterocycles. The molecule has 1 saturated heterocycles. The quantitative estimate of drug-likeness (QED) is 0.486. The van der Waals surface area contributed by atoms with Gasteiger partial charge in [-0.1, -0.05) is 0 Å². The highest BCUT2D eigenvalue weighted by Gasteiger charge is 2.41. The number of unbranched alkanes of at least 4 members (excludes halogenated alkanes) is 1. The lowest BCUT2D eigenvalue weighted by molar-refractivity contribution is -0.132. The third kappa shape index (κ3) is 5.26. The summed E-state index contributed by atoms with van der Waals surface area (Å²) in [6.07, 6.45) is 1.96. The summed E-state index contributed by atoms with van der Waals surface area (Å²) >= 11 is 0. The summed E-state index contributed by atoms with van der Waals surface area (Å²) in [4.78, 5) is 35.4. The zero-order chi connectivity index (χ0) is 15.1. The predicted octanol–water partition coefficient (Wildman–Crippen LogP) is -0.468. The molecule has 0 saturated carbocycles. The van der Waals surface area contributed by atoms with Crippen LogP contribution in [0.4, 0.5) is 0 Å². The zero-order valence-corrected chi connectivity index (χ0v) is 11.8. The van der Waals surface area contributed by atoms with Gasteiger partial charge in [0.05, 0.1) is 12.6 Å². The first-order valence-corrected chi connectivity index (χ1v) is 6.67. The van der Waals surface area contributed by atoms with Crippen LogP contribution >= 0.6 is 0 Å². The maximum Gasteiger partial charge on any atom is 0.246 e. The number of nitrogens with one attached hydrogen (secondary N) is 2. The Morgan fingerprint density at radius 2 is 2.00 bits per heavy atom. The Hall–Kier alpha value is -2.10. The van der Waals surface area contributed by atoms with Gasteiger partial charge in [0.25, 0.3) is 0 Å². The van der Waals surface area contributed by atoms with Gasteiger partial charge in [0.2, 0.25) is 17.7 Å². The molecule has 1 aliphatic heterocycles. The SMILES string of the molecule is CC(=O)NCCCC[C@H](NC(C)=O)C(=O)N1CC1C#N. The Morgan fingerprint density at radius 3 is 2.50 bits per heavy atom. The molecule has 20 heavy (non-hydrogen) atoms. The molecule has 2 atom stereocenters. The summed E-state index contributed by atoms with van der Waals surface area (Å²) in [5.41, 5.74) is 0. The summed E-state index contributed by atoms with van der Waals surface area (Å²) in [6, 6.07) is 1.08. The molecule has 1 rings (SSSR count). The highest BCUT2D eigenvalue weighted by Crippen LogP contribution is 2.19. The molecular formula is C13H20N4O3. The van der Waals surface area contributed by atoms with Crippen molar-refractivity contribution in [1.29, 1.82) is 5.26 Å². The molecule has 1 unspecified atom stereocenters. The highest BCUT2D eigenvalue weighted by atomic mass is 16.2. The van der Waals surface area contributed by atoms with Gasteiger partial charge < -0.3 is 15.5 Å². The number of rotatable bonds is 7. The molecule has 0 bridgehead atoms. The van der Waals surface area contributed by atoms with Crippen LogP contribution in [0.5, 0.6) is 0 Å². The fraction of sp³-hybridized carbons (Fsp3) is 0.692. The Balaban J connectivity index is 2.37. The maximum absolute atomic E-state index is 12.1. The summed E-state index contributed by atoms with van der Waals surface area (Å²) in [5.74, 6) is -0.549. The third-order valence-electron chi connectivity index (χ3n) is 3.01. The Bertz CT molecular complexity index is 430. The number of hydrogen-bond acceptors (Lipinski definition) is 4. The van der Waals surface area contributed by atoms with Crippen molar-refractivity contribution in [2.24, 2.45) is 0 Å². The Morgan fingerprint density at radius 1 is 1.30 bits per heavy atom. The molecule has 2 N–H and O–H groups in total. The van der Waals surface area contributed by atoms with Crippen LogP contribution in [0.2, 0.25) is 0 Å². The second-order valence-corrected chi connectivity index (χ2v) is 4.87. The van der Waals surface area contributed by atoms with E-state index in [1.165, 1.54) is 18.7 Å². The van der Waals surface area contributed by atoms with E-state index in [4.69, 9.17) is 5.26 Å². The maximum atomic E-state index is 12.1. The molecule has 7 nitrogen and oxygen atoms in total. The van der Waals surface area contributed by atoms with Crippen molar-refractivity contribution in [2.45, 2.75) is 45.2 Å². The van der Waals surface area contributed by atoms with Crippen molar-refractivity contribution in [3.05, 3.63) is 0 Å². The first-order valence-electron chi connectivity index (χ1n) is 6.67. The molecule has 1 aliphatic rings. The van der Waals surface area contributed by atoms with Gasteiger partial charge in [0, 0.05) is 20.4 Å². The topological polar surface area (TPSA) is 102 Å². The van der Waals surface area contributed by atoms with E-state index in [1.54, 1.807) is 0 Å². The van der Waals surface area contributed by atoms with E-state index in [9.17, 15) is 14.4 Å². The van der Waals surface area contributed by atoms with Crippen LogP contribution in [0.3, 0.4) is 0 Å². The molecule has 7 heteroatoms. The van der Waals surface area contributed by atoms with Gasteiger partial charge in [-0.15, -0.1) is 0 Å². The van der Waals surface area contributed by atoms with E-state index >= 15 is 0 Å². The molecule has 0 spiro atoms. The summed E-state index contributed by atoms with van der Waals surface area (Å²) in [6.45, 7) is 3.81. The number of nitriles is 1. The first kappa shape index (κ1) is 16.0. The number of carbonyl (C=O) groups excluding carboxylic acids is 3. The van der Waals surface area contributed by atoms with Crippen LogP contribution in [0, 0.1) is 11.3 Å². The average molecular weight is 280 g/mol. The van der Waals surface area contributed by atoms with Gasteiger partial charge in [0.1, 0.15) is 12.1 Å². The standard InChI is InChI=1S/C13H20N4O3/c1-9(18)15-6-4-3-5-12(16-10(2)19)13(20)17-8-11(17)7-14/h11-12H,3-6,8H2,1-2H3,(H,15,18)(H,16,19)/t11?,12-,17?/m0/s1. The predicted molar refractivity (Wildman–Crippen MR) is 71.3 cm³/mol. The van der Waals surface area contributed by atoms with E-state index in [0.29, 0.717) is 25.9 Å². The zero-order valence-electron chi connectivity index (χ0n) is 11.8. The normalized spacial score (nSPS) is 17.9. The van der Waals surface area contributed by atoms with Gasteiger partial charge in [-0.2, -0.15) is 5.26 Å².